The average Bonchev–Trinajstić information content (AvgIpc) is 3.23. The third kappa shape index (κ3) is 3.59. The van der Waals surface area contributed by atoms with Crippen LogP contribution in [0.5, 0.6) is 0 Å². The van der Waals surface area contributed by atoms with Crippen LogP contribution in [0.4, 0.5) is 4.39 Å². The summed E-state index contributed by atoms with van der Waals surface area (Å²) in [7, 11) is 0. The van der Waals surface area contributed by atoms with Crippen molar-refractivity contribution in [3.05, 3.63) is 71.8 Å². The van der Waals surface area contributed by atoms with Crippen molar-refractivity contribution in [1.82, 2.24) is 14.8 Å². The quantitative estimate of drug-likeness (QED) is 0.437. The Labute approximate surface area is 165 Å². The first-order chi connectivity index (χ1) is 13.3. The van der Waals surface area contributed by atoms with E-state index in [9.17, 15) is 4.39 Å². The molecule has 2 aromatic carbocycles. The van der Waals surface area contributed by atoms with E-state index in [0.717, 1.165) is 41.0 Å². The number of H-pyrrole nitrogens is 1. The smallest absolute Gasteiger partial charge is 0.125 e. The SMILES string of the molecule is Cc1ccn(-c2cc(F)ccc2-c2[nH]c3ccccc3c2CCC(C)(C)C)n1. The molecule has 28 heavy (non-hydrogen) atoms. The van der Waals surface area contributed by atoms with E-state index in [0.29, 0.717) is 0 Å². The molecule has 144 valence electrons. The van der Waals surface area contributed by atoms with Gasteiger partial charge in [-0.15, -0.1) is 0 Å². The van der Waals surface area contributed by atoms with Crippen LogP contribution in [-0.2, 0) is 6.42 Å². The molecule has 0 saturated carbocycles. The molecule has 3 nitrogen and oxygen atoms in total. The second kappa shape index (κ2) is 6.93. The summed E-state index contributed by atoms with van der Waals surface area (Å²) < 4.78 is 15.9. The number of aromatic amines is 1. The van der Waals surface area contributed by atoms with Crippen LogP contribution in [0.15, 0.2) is 54.7 Å². The standard InChI is InChI=1S/C24H26FN3/c1-16-12-14-28(27-16)22-15-17(25)9-10-20(22)23-19(11-13-24(2,3)4)18-7-5-6-8-21(18)26-23/h5-10,12,14-15,26H,11,13H2,1-4H3. The lowest BCUT2D eigenvalue weighted by Crippen LogP contribution is -2.07. The second-order valence-electron chi connectivity index (χ2n) is 8.65. The van der Waals surface area contributed by atoms with Gasteiger partial charge in [0, 0.05) is 28.7 Å². The van der Waals surface area contributed by atoms with Crippen molar-refractivity contribution in [1.29, 1.82) is 0 Å². The Morgan fingerprint density at radius 3 is 2.57 bits per heavy atom. The molecular formula is C24H26FN3. The maximum absolute atomic E-state index is 14.1. The van der Waals surface area contributed by atoms with E-state index in [2.05, 4.69) is 49.1 Å². The zero-order valence-corrected chi connectivity index (χ0v) is 16.9. The predicted molar refractivity (Wildman–Crippen MR) is 113 cm³/mol. The highest BCUT2D eigenvalue weighted by atomic mass is 19.1. The number of aryl methyl sites for hydroxylation is 2. The molecule has 0 spiro atoms. The first-order valence-electron chi connectivity index (χ1n) is 9.74. The average molecular weight is 375 g/mol. The number of nitrogens with zero attached hydrogens (tertiary/aromatic N) is 2. The van der Waals surface area contributed by atoms with Crippen LogP contribution in [0, 0.1) is 18.2 Å². The number of hydrogen-bond donors (Lipinski definition) is 1. The van der Waals surface area contributed by atoms with Crippen LogP contribution >= 0.6 is 0 Å². The Hall–Kier alpha value is -2.88. The topological polar surface area (TPSA) is 33.6 Å². The van der Waals surface area contributed by atoms with Gasteiger partial charge >= 0.3 is 0 Å². The molecule has 1 N–H and O–H groups in total. The normalized spacial score (nSPS) is 12.0. The lowest BCUT2D eigenvalue weighted by Gasteiger charge is -2.18. The maximum Gasteiger partial charge on any atom is 0.125 e. The monoisotopic (exact) mass is 375 g/mol. The van der Waals surface area contributed by atoms with E-state index in [4.69, 9.17) is 0 Å². The number of aromatic nitrogens is 3. The van der Waals surface area contributed by atoms with Crippen molar-refractivity contribution in [3.8, 4) is 16.9 Å². The largest absolute Gasteiger partial charge is 0.354 e. The van der Waals surface area contributed by atoms with Crippen molar-refractivity contribution < 1.29 is 4.39 Å². The van der Waals surface area contributed by atoms with E-state index >= 15 is 0 Å². The highest BCUT2D eigenvalue weighted by molar-refractivity contribution is 5.92. The molecule has 0 saturated heterocycles. The fraction of sp³-hybridized carbons (Fsp3) is 0.292. The summed E-state index contributed by atoms with van der Waals surface area (Å²) >= 11 is 0. The number of nitrogens with one attached hydrogen (secondary N) is 1. The molecule has 0 bridgehead atoms. The van der Waals surface area contributed by atoms with Gasteiger partial charge in [-0.2, -0.15) is 5.10 Å². The highest BCUT2D eigenvalue weighted by Crippen LogP contribution is 2.36. The number of benzene rings is 2. The maximum atomic E-state index is 14.1. The van der Waals surface area contributed by atoms with Gasteiger partial charge in [0.05, 0.1) is 17.1 Å². The number of hydrogen-bond acceptors (Lipinski definition) is 1. The Kier molecular flexibility index (Phi) is 4.58. The molecule has 0 amide bonds. The van der Waals surface area contributed by atoms with E-state index in [1.807, 2.05) is 31.3 Å². The van der Waals surface area contributed by atoms with Gasteiger partial charge in [-0.1, -0.05) is 39.0 Å². The van der Waals surface area contributed by atoms with Crippen LogP contribution in [0.2, 0.25) is 0 Å². The highest BCUT2D eigenvalue weighted by Gasteiger charge is 2.19. The van der Waals surface area contributed by atoms with Crippen molar-refractivity contribution >= 4 is 10.9 Å². The minimum atomic E-state index is -0.265. The molecule has 2 heterocycles. The lowest BCUT2D eigenvalue weighted by atomic mass is 9.87. The van der Waals surface area contributed by atoms with E-state index < -0.39 is 0 Å². The van der Waals surface area contributed by atoms with E-state index in [-0.39, 0.29) is 11.2 Å². The summed E-state index contributed by atoms with van der Waals surface area (Å²) in [5.41, 5.74) is 6.28. The van der Waals surface area contributed by atoms with Crippen LogP contribution in [-0.4, -0.2) is 14.8 Å². The van der Waals surface area contributed by atoms with Gasteiger partial charge < -0.3 is 4.98 Å². The second-order valence-corrected chi connectivity index (χ2v) is 8.65. The summed E-state index contributed by atoms with van der Waals surface area (Å²) in [5, 5.41) is 5.74. The lowest BCUT2D eigenvalue weighted by molar-refractivity contribution is 0.379. The molecule has 0 radical (unpaired) electrons. The zero-order chi connectivity index (χ0) is 19.9. The molecule has 0 aliphatic rings. The third-order valence-electron chi connectivity index (χ3n) is 5.14. The van der Waals surface area contributed by atoms with Crippen molar-refractivity contribution in [2.75, 3.05) is 0 Å². The summed E-state index contributed by atoms with van der Waals surface area (Å²) in [6, 6.07) is 15.2. The van der Waals surface area contributed by atoms with Crippen molar-refractivity contribution in [3.63, 3.8) is 0 Å². The Morgan fingerprint density at radius 1 is 1.07 bits per heavy atom. The van der Waals surface area contributed by atoms with Gasteiger partial charge in [0.1, 0.15) is 5.82 Å². The molecule has 4 heteroatoms. The van der Waals surface area contributed by atoms with Crippen LogP contribution in [0.3, 0.4) is 0 Å². The Bertz CT molecular complexity index is 1130. The minimum Gasteiger partial charge on any atom is -0.354 e. The summed E-state index contributed by atoms with van der Waals surface area (Å²) in [6.45, 7) is 8.72. The fourth-order valence-electron chi connectivity index (χ4n) is 3.64. The minimum absolute atomic E-state index is 0.236. The zero-order valence-electron chi connectivity index (χ0n) is 16.9. The fourth-order valence-corrected chi connectivity index (χ4v) is 3.64. The molecule has 0 atom stereocenters. The number of para-hydroxylation sites is 1. The molecule has 4 aromatic rings. The first-order valence-corrected chi connectivity index (χ1v) is 9.74. The van der Waals surface area contributed by atoms with E-state index in [1.54, 1.807) is 10.7 Å². The summed E-state index contributed by atoms with van der Waals surface area (Å²) in [4.78, 5) is 3.59. The van der Waals surface area contributed by atoms with Gasteiger partial charge in [-0.3, -0.25) is 0 Å². The summed E-state index contributed by atoms with van der Waals surface area (Å²) in [6.07, 6.45) is 3.90. The molecule has 0 aliphatic carbocycles. The van der Waals surface area contributed by atoms with Gasteiger partial charge in [0.2, 0.25) is 0 Å². The first kappa shape index (κ1) is 18.5. The molecule has 0 unspecified atom stereocenters. The van der Waals surface area contributed by atoms with Crippen molar-refractivity contribution in [2.24, 2.45) is 5.41 Å². The number of halogens is 1. The molecule has 0 fully saturated rings. The van der Waals surface area contributed by atoms with Gasteiger partial charge in [0.15, 0.2) is 0 Å². The van der Waals surface area contributed by atoms with Crippen LogP contribution in [0.1, 0.15) is 38.4 Å². The molecule has 4 rings (SSSR count). The molecule has 2 aromatic heterocycles. The van der Waals surface area contributed by atoms with Gasteiger partial charge in [-0.25, -0.2) is 9.07 Å². The Balaban J connectivity index is 1.92. The number of fused-ring (bicyclic) bond motifs is 1. The predicted octanol–water partition coefficient (Wildman–Crippen LogP) is 6.45. The van der Waals surface area contributed by atoms with Crippen LogP contribution < -0.4 is 0 Å². The van der Waals surface area contributed by atoms with Gasteiger partial charge in [0.25, 0.3) is 0 Å². The summed E-state index contributed by atoms with van der Waals surface area (Å²) in [5.74, 6) is -0.265. The van der Waals surface area contributed by atoms with E-state index in [1.165, 1.54) is 17.0 Å². The third-order valence-corrected chi connectivity index (χ3v) is 5.14. The van der Waals surface area contributed by atoms with Gasteiger partial charge in [-0.05, 0) is 55.0 Å². The molecular weight excluding hydrogens is 349 g/mol. The van der Waals surface area contributed by atoms with Crippen LogP contribution in [0.25, 0.3) is 27.8 Å². The van der Waals surface area contributed by atoms with Crippen molar-refractivity contribution in [2.45, 2.75) is 40.5 Å². The molecule has 0 aliphatic heterocycles. The number of rotatable bonds is 4. The Morgan fingerprint density at radius 2 is 1.86 bits per heavy atom.